The number of imidazole rings is 1. The fraction of sp³-hybridized carbons (Fsp3) is 0.286. The Balaban J connectivity index is 0.000000956. The van der Waals surface area contributed by atoms with Gasteiger partial charge < -0.3 is 4.57 Å². The van der Waals surface area contributed by atoms with Crippen LogP contribution in [0.25, 0.3) is 16.1 Å². The maximum absolute atomic E-state index is 11.7. The van der Waals surface area contributed by atoms with Gasteiger partial charge in [0, 0.05) is 16.7 Å². The summed E-state index contributed by atoms with van der Waals surface area (Å²) in [4.78, 5) is 18.4. The van der Waals surface area contributed by atoms with E-state index >= 15 is 0 Å². The molecule has 6 nitrogen and oxygen atoms in total. The smallest absolute Gasteiger partial charge is 0.251 e. The first kappa shape index (κ1) is 15.5. The normalized spacial score (nSPS) is 9.20. The topological polar surface area (TPSA) is 83.7 Å². The van der Waals surface area contributed by atoms with Crippen molar-refractivity contribution in [1.82, 2.24) is 9.55 Å². The summed E-state index contributed by atoms with van der Waals surface area (Å²) in [5, 5.41) is 3.14. The Hall–Kier alpha value is -2.59. The molecule has 1 heterocycles. The molecule has 0 radical (unpaired) electrons. The molecule has 0 atom stereocenters. The lowest BCUT2D eigenvalue weighted by Crippen LogP contribution is -2.03. The number of nitrogens with zero attached hydrogens (tertiary/aromatic N) is 5. The molecule has 0 spiro atoms. The van der Waals surface area contributed by atoms with Gasteiger partial charge in [-0.3, -0.25) is 4.79 Å². The predicted molar refractivity (Wildman–Crippen MR) is 77.9 cm³/mol. The second kappa shape index (κ2) is 7.11. The van der Waals surface area contributed by atoms with Gasteiger partial charge in [-0.05, 0) is 36.6 Å². The van der Waals surface area contributed by atoms with E-state index in [2.05, 4.69) is 15.0 Å². The van der Waals surface area contributed by atoms with Crippen molar-refractivity contribution in [2.75, 3.05) is 0 Å². The molecule has 0 bridgehead atoms. The molecular formula is C14H17N5O. The molecule has 20 heavy (non-hydrogen) atoms. The van der Waals surface area contributed by atoms with Crippen molar-refractivity contribution < 1.29 is 4.79 Å². The number of hydrogen-bond donors (Lipinski definition) is 0. The summed E-state index contributed by atoms with van der Waals surface area (Å²) >= 11 is 0. The summed E-state index contributed by atoms with van der Waals surface area (Å²) in [6.07, 6.45) is 3.42. The molecule has 0 N–H and O–H groups in total. The number of aromatic nitrogens is 2. The zero-order valence-corrected chi connectivity index (χ0v) is 12.0. The minimum Gasteiger partial charge on any atom is -0.305 e. The Morgan fingerprint density at radius 3 is 2.60 bits per heavy atom. The highest BCUT2D eigenvalue weighted by atomic mass is 16.1. The average Bonchev–Trinajstić information content (AvgIpc) is 2.87. The summed E-state index contributed by atoms with van der Waals surface area (Å²) in [5.41, 5.74) is 11.1. The van der Waals surface area contributed by atoms with E-state index < -0.39 is 5.91 Å². The summed E-state index contributed by atoms with van der Waals surface area (Å²) in [6, 6.07) is 5.38. The maximum atomic E-state index is 11.7. The van der Waals surface area contributed by atoms with Crippen LogP contribution >= 0.6 is 0 Å². The Morgan fingerprint density at radius 1 is 1.35 bits per heavy atom. The standard InChI is InChI=1S/C12H11N5O.C2H6/c1-8-3-4-11(17-6-9(2)14-7-17)10(5-8)12(18)15-16-13;1-2/h3-7H,1-2H3;1-2H3. The van der Waals surface area contributed by atoms with E-state index in [1.807, 2.05) is 33.8 Å². The lowest BCUT2D eigenvalue weighted by atomic mass is 10.1. The first-order chi connectivity index (χ1) is 9.61. The molecule has 1 amide bonds. The third kappa shape index (κ3) is 3.46. The van der Waals surface area contributed by atoms with E-state index in [-0.39, 0.29) is 0 Å². The SMILES string of the molecule is CC.Cc1ccc(-n2cnc(C)c2)c(C(=O)N=[N+]=[N-])c1. The Labute approximate surface area is 117 Å². The monoisotopic (exact) mass is 271 g/mol. The fourth-order valence-corrected chi connectivity index (χ4v) is 1.69. The first-order valence-corrected chi connectivity index (χ1v) is 6.33. The first-order valence-electron chi connectivity index (χ1n) is 6.33. The van der Waals surface area contributed by atoms with Gasteiger partial charge in [-0.25, -0.2) is 4.98 Å². The van der Waals surface area contributed by atoms with Crippen LogP contribution in [-0.2, 0) is 0 Å². The maximum Gasteiger partial charge on any atom is 0.251 e. The van der Waals surface area contributed by atoms with Crippen molar-refractivity contribution in [3.63, 3.8) is 0 Å². The van der Waals surface area contributed by atoms with Crippen molar-refractivity contribution in [2.24, 2.45) is 5.11 Å². The number of azide groups is 1. The zero-order chi connectivity index (χ0) is 15.1. The van der Waals surface area contributed by atoms with Crippen LogP contribution < -0.4 is 0 Å². The van der Waals surface area contributed by atoms with Gasteiger partial charge in [0.05, 0.1) is 17.7 Å². The Morgan fingerprint density at radius 2 is 2.05 bits per heavy atom. The third-order valence-corrected chi connectivity index (χ3v) is 2.51. The summed E-state index contributed by atoms with van der Waals surface area (Å²) in [6.45, 7) is 7.73. The van der Waals surface area contributed by atoms with Crippen LogP contribution in [0.4, 0.5) is 0 Å². The van der Waals surface area contributed by atoms with Gasteiger partial charge in [0.25, 0.3) is 5.91 Å². The van der Waals surface area contributed by atoms with Crippen LogP contribution in [0.3, 0.4) is 0 Å². The minimum absolute atomic E-state index is 0.366. The van der Waals surface area contributed by atoms with Crippen LogP contribution in [-0.4, -0.2) is 15.5 Å². The molecular weight excluding hydrogens is 254 g/mol. The van der Waals surface area contributed by atoms with Crippen molar-refractivity contribution in [3.8, 4) is 5.69 Å². The zero-order valence-electron chi connectivity index (χ0n) is 12.0. The van der Waals surface area contributed by atoms with Crippen LogP contribution in [0.1, 0.15) is 35.5 Å². The van der Waals surface area contributed by atoms with Crippen molar-refractivity contribution in [3.05, 3.63) is 58.0 Å². The second-order valence-corrected chi connectivity index (χ2v) is 3.94. The predicted octanol–water partition coefficient (Wildman–Crippen LogP) is 3.97. The van der Waals surface area contributed by atoms with Crippen LogP contribution in [0.5, 0.6) is 0 Å². The summed E-state index contributed by atoms with van der Waals surface area (Å²) in [5.74, 6) is -0.595. The fourth-order valence-electron chi connectivity index (χ4n) is 1.69. The number of carbonyl (C=O) groups is 1. The van der Waals surface area contributed by atoms with Gasteiger partial charge in [0.15, 0.2) is 0 Å². The quantitative estimate of drug-likeness (QED) is 0.470. The van der Waals surface area contributed by atoms with Crippen molar-refractivity contribution >= 4 is 5.91 Å². The lowest BCUT2D eigenvalue weighted by molar-refractivity contribution is 0.100. The van der Waals surface area contributed by atoms with Gasteiger partial charge in [0.2, 0.25) is 0 Å². The number of carbonyl (C=O) groups excluding carboxylic acids is 1. The highest BCUT2D eigenvalue weighted by molar-refractivity contribution is 5.98. The van der Waals surface area contributed by atoms with Crippen LogP contribution in [0.15, 0.2) is 35.8 Å². The molecule has 2 aromatic rings. The molecule has 0 saturated heterocycles. The summed E-state index contributed by atoms with van der Waals surface area (Å²) < 4.78 is 1.73. The van der Waals surface area contributed by atoms with Gasteiger partial charge >= 0.3 is 0 Å². The molecule has 1 aromatic carbocycles. The lowest BCUT2D eigenvalue weighted by Gasteiger charge is -2.08. The molecule has 0 aliphatic heterocycles. The van der Waals surface area contributed by atoms with Gasteiger partial charge in [-0.2, -0.15) is 0 Å². The molecule has 0 saturated carbocycles. The molecule has 0 unspecified atom stereocenters. The third-order valence-electron chi connectivity index (χ3n) is 2.51. The van der Waals surface area contributed by atoms with E-state index in [0.717, 1.165) is 11.3 Å². The van der Waals surface area contributed by atoms with Crippen molar-refractivity contribution in [1.29, 1.82) is 0 Å². The highest BCUT2D eigenvalue weighted by Gasteiger charge is 2.11. The van der Waals surface area contributed by atoms with E-state index in [4.69, 9.17) is 5.53 Å². The van der Waals surface area contributed by atoms with Gasteiger partial charge in [0.1, 0.15) is 0 Å². The number of rotatable bonds is 2. The van der Waals surface area contributed by atoms with E-state index in [0.29, 0.717) is 11.3 Å². The minimum atomic E-state index is -0.595. The molecule has 104 valence electrons. The molecule has 0 aliphatic carbocycles. The van der Waals surface area contributed by atoms with Gasteiger partial charge in [-0.1, -0.05) is 25.5 Å². The second-order valence-electron chi connectivity index (χ2n) is 3.94. The largest absolute Gasteiger partial charge is 0.305 e. The number of hydrogen-bond acceptors (Lipinski definition) is 2. The number of benzene rings is 1. The molecule has 1 aromatic heterocycles. The number of aryl methyl sites for hydroxylation is 2. The Kier molecular flexibility index (Phi) is 5.50. The molecule has 0 aliphatic rings. The van der Waals surface area contributed by atoms with Crippen molar-refractivity contribution in [2.45, 2.75) is 27.7 Å². The van der Waals surface area contributed by atoms with Gasteiger partial charge in [-0.15, -0.1) is 0 Å². The van der Waals surface area contributed by atoms with E-state index in [1.165, 1.54) is 0 Å². The van der Waals surface area contributed by atoms with Crippen LogP contribution in [0, 0.1) is 13.8 Å². The van der Waals surface area contributed by atoms with E-state index in [9.17, 15) is 4.79 Å². The van der Waals surface area contributed by atoms with Crippen LogP contribution in [0.2, 0.25) is 0 Å². The molecule has 0 fully saturated rings. The van der Waals surface area contributed by atoms with E-state index in [1.54, 1.807) is 29.2 Å². The molecule has 2 rings (SSSR count). The average molecular weight is 271 g/mol. The highest BCUT2D eigenvalue weighted by Crippen LogP contribution is 2.18. The Bertz CT molecular complexity index is 653. The molecule has 6 heteroatoms. The summed E-state index contributed by atoms with van der Waals surface area (Å²) in [7, 11) is 0. The number of amides is 1.